The van der Waals surface area contributed by atoms with Gasteiger partial charge in [-0.05, 0) is 19.4 Å². The fourth-order valence-corrected chi connectivity index (χ4v) is 1.73. The molecule has 1 amide bonds. The largest absolute Gasteiger partial charge is 0.481 e. The summed E-state index contributed by atoms with van der Waals surface area (Å²) in [7, 11) is 0. The number of amides is 1. The molecule has 0 aromatic heterocycles. The van der Waals surface area contributed by atoms with Gasteiger partial charge < -0.3 is 16.2 Å². The molecule has 0 heterocycles. The van der Waals surface area contributed by atoms with E-state index >= 15 is 0 Å². The molecule has 0 bridgehead atoms. The summed E-state index contributed by atoms with van der Waals surface area (Å²) in [6.45, 7) is 3.56. The van der Waals surface area contributed by atoms with E-state index in [4.69, 9.17) is 5.73 Å². The summed E-state index contributed by atoms with van der Waals surface area (Å²) < 4.78 is 0. The van der Waals surface area contributed by atoms with Crippen molar-refractivity contribution in [2.24, 2.45) is 5.73 Å². The Morgan fingerprint density at radius 2 is 1.89 bits per heavy atom. The molecular weight excluding hydrogens is 244 g/mol. The van der Waals surface area contributed by atoms with Crippen LogP contribution in [0.4, 0.5) is 0 Å². The summed E-state index contributed by atoms with van der Waals surface area (Å²) in [6.07, 6.45) is 0.161. The van der Waals surface area contributed by atoms with Crippen LogP contribution in [0.1, 0.15) is 31.7 Å². The van der Waals surface area contributed by atoms with E-state index in [1.807, 2.05) is 6.07 Å². The van der Waals surface area contributed by atoms with Gasteiger partial charge in [0.15, 0.2) is 0 Å². The van der Waals surface area contributed by atoms with Gasteiger partial charge in [-0.2, -0.15) is 0 Å². The highest BCUT2D eigenvalue weighted by Crippen LogP contribution is 2.15. The molecule has 104 valence electrons. The Labute approximate surface area is 112 Å². The summed E-state index contributed by atoms with van der Waals surface area (Å²) in [5.41, 5.74) is 5.80. The van der Waals surface area contributed by atoms with Crippen LogP contribution in [-0.2, 0) is 9.59 Å². The lowest BCUT2D eigenvalue weighted by atomic mass is 9.98. The van der Waals surface area contributed by atoms with E-state index < -0.39 is 17.4 Å². The Morgan fingerprint density at radius 1 is 1.32 bits per heavy atom. The third-order valence-electron chi connectivity index (χ3n) is 2.62. The first-order valence-electron chi connectivity index (χ1n) is 6.13. The van der Waals surface area contributed by atoms with Gasteiger partial charge in [-0.25, -0.2) is 0 Å². The van der Waals surface area contributed by atoms with E-state index in [2.05, 4.69) is 5.32 Å². The van der Waals surface area contributed by atoms with E-state index in [0.717, 1.165) is 0 Å². The van der Waals surface area contributed by atoms with Gasteiger partial charge in [0.2, 0.25) is 5.91 Å². The Kier molecular flexibility index (Phi) is 5.06. The van der Waals surface area contributed by atoms with Gasteiger partial charge in [0.25, 0.3) is 0 Å². The molecule has 0 fully saturated rings. The van der Waals surface area contributed by atoms with Gasteiger partial charge >= 0.3 is 5.97 Å². The molecule has 0 aliphatic heterocycles. The van der Waals surface area contributed by atoms with Crippen molar-refractivity contribution in [3.8, 4) is 0 Å². The van der Waals surface area contributed by atoms with Crippen molar-refractivity contribution >= 4 is 11.9 Å². The zero-order valence-corrected chi connectivity index (χ0v) is 11.2. The maximum atomic E-state index is 11.6. The minimum atomic E-state index is -0.960. The first-order chi connectivity index (χ1) is 8.79. The van der Waals surface area contributed by atoms with E-state index in [1.165, 1.54) is 0 Å². The van der Waals surface area contributed by atoms with Crippen molar-refractivity contribution in [1.29, 1.82) is 0 Å². The molecule has 5 heteroatoms. The highest BCUT2D eigenvalue weighted by molar-refractivity contribution is 5.80. The second-order valence-corrected chi connectivity index (χ2v) is 5.27. The number of hydrogen-bond acceptors (Lipinski definition) is 3. The number of carboxylic acids is 1. The van der Waals surface area contributed by atoms with Crippen LogP contribution in [0.15, 0.2) is 30.3 Å². The molecule has 0 radical (unpaired) electrons. The number of hydrogen-bond donors (Lipinski definition) is 3. The highest BCUT2D eigenvalue weighted by atomic mass is 16.4. The smallest absolute Gasteiger partial charge is 0.312 e. The van der Waals surface area contributed by atoms with Crippen molar-refractivity contribution in [2.75, 3.05) is 6.54 Å². The molecule has 1 rings (SSSR count). The van der Waals surface area contributed by atoms with Crippen LogP contribution in [-0.4, -0.2) is 29.1 Å². The minimum Gasteiger partial charge on any atom is -0.481 e. The molecule has 0 aliphatic carbocycles. The van der Waals surface area contributed by atoms with Crippen molar-refractivity contribution in [3.63, 3.8) is 0 Å². The maximum Gasteiger partial charge on any atom is 0.312 e. The third-order valence-corrected chi connectivity index (χ3v) is 2.62. The topological polar surface area (TPSA) is 92.4 Å². The van der Waals surface area contributed by atoms with E-state index in [0.29, 0.717) is 5.56 Å². The monoisotopic (exact) mass is 264 g/mol. The molecular formula is C14H20N2O3. The second kappa shape index (κ2) is 6.33. The normalized spacial score (nSPS) is 12.8. The van der Waals surface area contributed by atoms with E-state index in [1.54, 1.807) is 38.1 Å². The number of aliphatic carboxylic acids is 1. The molecule has 19 heavy (non-hydrogen) atoms. The Hall–Kier alpha value is -1.88. The lowest BCUT2D eigenvalue weighted by molar-refractivity contribution is -0.138. The molecule has 0 saturated carbocycles. The number of nitrogens with one attached hydrogen (secondary N) is 1. The SMILES string of the molecule is CC(C)(N)CC(=O)NCC(C(=O)O)c1ccccc1. The summed E-state index contributed by atoms with van der Waals surface area (Å²) in [4.78, 5) is 22.9. The zero-order chi connectivity index (χ0) is 14.5. The molecule has 1 aromatic rings. The Morgan fingerprint density at radius 3 is 2.37 bits per heavy atom. The maximum absolute atomic E-state index is 11.6. The van der Waals surface area contributed by atoms with Crippen LogP contribution >= 0.6 is 0 Å². The molecule has 0 spiro atoms. The quantitative estimate of drug-likeness (QED) is 0.717. The third kappa shape index (κ3) is 5.52. The summed E-state index contributed by atoms with van der Waals surface area (Å²) in [5.74, 6) is -1.95. The minimum absolute atomic E-state index is 0.0638. The lowest BCUT2D eigenvalue weighted by Crippen LogP contribution is -2.40. The number of benzene rings is 1. The molecule has 4 N–H and O–H groups in total. The fourth-order valence-electron chi connectivity index (χ4n) is 1.73. The van der Waals surface area contributed by atoms with Crippen LogP contribution in [0.3, 0.4) is 0 Å². The molecule has 1 unspecified atom stereocenters. The molecule has 1 aromatic carbocycles. The van der Waals surface area contributed by atoms with Crippen molar-refractivity contribution in [3.05, 3.63) is 35.9 Å². The Bertz CT molecular complexity index is 438. The van der Waals surface area contributed by atoms with Crippen LogP contribution < -0.4 is 11.1 Å². The van der Waals surface area contributed by atoms with Crippen LogP contribution in [0.5, 0.6) is 0 Å². The van der Waals surface area contributed by atoms with Crippen molar-refractivity contribution in [1.82, 2.24) is 5.32 Å². The number of carbonyl (C=O) groups is 2. The lowest BCUT2D eigenvalue weighted by Gasteiger charge is -2.19. The number of rotatable bonds is 6. The second-order valence-electron chi connectivity index (χ2n) is 5.27. The molecule has 5 nitrogen and oxygen atoms in total. The van der Waals surface area contributed by atoms with E-state index in [9.17, 15) is 14.7 Å². The summed E-state index contributed by atoms with van der Waals surface area (Å²) in [6, 6.07) is 8.83. The first kappa shape index (κ1) is 15.2. The fraction of sp³-hybridized carbons (Fsp3) is 0.429. The number of nitrogens with two attached hydrogens (primary N) is 1. The molecule has 1 atom stereocenters. The van der Waals surface area contributed by atoms with E-state index in [-0.39, 0.29) is 18.9 Å². The van der Waals surface area contributed by atoms with Gasteiger partial charge in [0, 0.05) is 18.5 Å². The number of carbonyl (C=O) groups excluding carboxylic acids is 1. The number of carboxylic acid groups (broad SMARTS) is 1. The summed E-state index contributed by atoms with van der Waals surface area (Å²) in [5, 5.41) is 11.8. The van der Waals surface area contributed by atoms with Gasteiger partial charge in [0.1, 0.15) is 0 Å². The molecule has 0 saturated heterocycles. The highest BCUT2D eigenvalue weighted by Gasteiger charge is 2.22. The van der Waals surface area contributed by atoms with Crippen molar-refractivity contribution in [2.45, 2.75) is 31.7 Å². The van der Waals surface area contributed by atoms with Gasteiger partial charge in [-0.3, -0.25) is 9.59 Å². The average molecular weight is 264 g/mol. The first-order valence-corrected chi connectivity index (χ1v) is 6.13. The average Bonchev–Trinajstić information content (AvgIpc) is 2.27. The predicted molar refractivity (Wildman–Crippen MR) is 72.7 cm³/mol. The predicted octanol–water partition coefficient (Wildman–Crippen LogP) is 1.10. The van der Waals surface area contributed by atoms with Gasteiger partial charge in [-0.1, -0.05) is 30.3 Å². The van der Waals surface area contributed by atoms with Gasteiger partial charge in [0.05, 0.1) is 5.92 Å². The van der Waals surface area contributed by atoms with Crippen molar-refractivity contribution < 1.29 is 14.7 Å². The van der Waals surface area contributed by atoms with Crippen LogP contribution in [0.2, 0.25) is 0 Å². The zero-order valence-electron chi connectivity index (χ0n) is 11.2. The summed E-state index contributed by atoms with van der Waals surface area (Å²) >= 11 is 0. The Balaban J connectivity index is 2.62. The van der Waals surface area contributed by atoms with Crippen LogP contribution in [0.25, 0.3) is 0 Å². The van der Waals surface area contributed by atoms with Crippen LogP contribution in [0, 0.1) is 0 Å². The standard InChI is InChI=1S/C14H20N2O3/c1-14(2,15)8-12(17)16-9-11(13(18)19)10-6-4-3-5-7-10/h3-7,11H,8-9,15H2,1-2H3,(H,16,17)(H,18,19). The van der Waals surface area contributed by atoms with Gasteiger partial charge in [-0.15, -0.1) is 0 Å². The molecule has 0 aliphatic rings.